The summed E-state index contributed by atoms with van der Waals surface area (Å²) in [5, 5.41) is 7.71. The minimum absolute atomic E-state index is 0. The van der Waals surface area contributed by atoms with Crippen LogP contribution in [0.3, 0.4) is 0 Å². The van der Waals surface area contributed by atoms with Gasteiger partial charge in [-0.25, -0.2) is 12.2 Å². The largest absolute Gasteiger partial charge is 4.00 e. The van der Waals surface area contributed by atoms with Crippen LogP contribution in [0.4, 0.5) is 0 Å². The van der Waals surface area contributed by atoms with Gasteiger partial charge in [-0.05, 0) is 0 Å². The zero-order valence-electron chi connectivity index (χ0n) is 12.7. The topological polar surface area (TPSA) is 28.2 Å². The normalized spacial score (nSPS) is 9.79. The van der Waals surface area contributed by atoms with Crippen LogP contribution in [0.2, 0.25) is 0 Å². The van der Waals surface area contributed by atoms with Crippen molar-refractivity contribution in [1.82, 2.24) is 0 Å². The maximum atomic E-state index is 3.85. The van der Waals surface area contributed by atoms with E-state index < -0.39 is 0 Å². The van der Waals surface area contributed by atoms with E-state index in [1.165, 1.54) is 0 Å². The quantitative estimate of drug-likeness (QED) is 0.250. The van der Waals surface area contributed by atoms with E-state index in [2.05, 4.69) is 35.9 Å². The monoisotopic (exact) mass is 428 g/mol. The van der Waals surface area contributed by atoms with Crippen molar-refractivity contribution in [2.24, 2.45) is 0 Å². The van der Waals surface area contributed by atoms with Crippen LogP contribution in [-0.4, -0.2) is 27.2 Å². The second-order valence-electron chi connectivity index (χ2n) is 3.24. The summed E-state index contributed by atoms with van der Waals surface area (Å²) >= 11 is 0. The molecule has 0 radical (unpaired) electrons. The van der Waals surface area contributed by atoms with Gasteiger partial charge in [0.05, 0.1) is 0 Å². The SMILES string of the molecule is C=CCC[N-]C.C=CCC[N-]C.[C-]1=CC=CC1.[CH3-].[Hf+4]. The fourth-order valence-electron chi connectivity index (χ4n) is 0.781. The third kappa shape index (κ3) is 38.1. The molecule has 0 spiro atoms. The van der Waals surface area contributed by atoms with Crippen LogP contribution in [0.25, 0.3) is 10.6 Å². The van der Waals surface area contributed by atoms with Gasteiger partial charge in [-0.1, -0.05) is 25.0 Å². The Balaban J connectivity index is -0.0000000845. The molecule has 0 aliphatic heterocycles. The second kappa shape index (κ2) is 30.6. The van der Waals surface area contributed by atoms with E-state index in [-0.39, 0.29) is 33.3 Å². The summed E-state index contributed by atoms with van der Waals surface area (Å²) in [5.41, 5.74) is 0. The predicted molar refractivity (Wildman–Crippen MR) is 85.9 cm³/mol. The molecule has 0 N–H and O–H groups in total. The van der Waals surface area contributed by atoms with E-state index in [0.29, 0.717) is 0 Å². The van der Waals surface area contributed by atoms with Crippen molar-refractivity contribution in [3.05, 3.63) is 67.7 Å². The van der Waals surface area contributed by atoms with Crippen LogP contribution in [0.5, 0.6) is 0 Å². The average Bonchev–Trinajstić information content (AvgIpc) is 2.93. The first-order valence-corrected chi connectivity index (χ1v) is 5.88. The predicted octanol–water partition coefficient (Wildman–Crippen LogP) is 4.89. The Labute approximate surface area is 139 Å². The van der Waals surface area contributed by atoms with Crippen molar-refractivity contribution in [2.75, 3.05) is 27.2 Å². The van der Waals surface area contributed by atoms with Gasteiger partial charge in [0.2, 0.25) is 0 Å². The van der Waals surface area contributed by atoms with Crippen LogP contribution in [0.1, 0.15) is 19.3 Å². The van der Waals surface area contributed by atoms with Gasteiger partial charge in [-0.15, -0.1) is 32.7 Å². The molecular formula is C16H28HfN2. The molecule has 2 nitrogen and oxygen atoms in total. The van der Waals surface area contributed by atoms with Crippen LogP contribution >= 0.6 is 0 Å². The summed E-state index contributed by atoms with van der Waals surface area (Å²) in [6.07, 6.45) is 15.8. The minimum atomic E-state index is 0. The zero-order valence-corrected chi connectivity index (χ0v) is 16.3. The maximum Gasteiger partial charge on any atom is 4.00 e. The van der Waals surface area contributed by atoms with Gasteiger partial charge in [-0.3, -0.25) is 6.08 Å². The van der Waals surface area contributed by atoms with Crippen molar-refractivity contribution in [1.29, 1.82) is 0 Å². The Morgan fingerprint density at radius 3 is 1.68 bits per heavy atom. The third-order valence-corrected chi connectivity index (χ3v) is 1.70. The number of rotatable bonds is 6. The van der Waals surface area contributed by atoms with Crippen LogP contribution in [0, 0.1) is 13.5 Å². The van der Waals surface area contributed by atoms with Crippen LogP contribution in [0.15, 0.2) is 43.5 Å². The van der Waals surface area contributed by atoms with E-state index in [1.54, 1.807) is 0 Å². The maximum absolute atomic E-state index is 3.85. The summed E-state index contributed by atoms with van der Waals surface area (Å²) in [4.78, 5) is 0. The molecule has 0 saturated heterocycles. The molecule has 0 bridgehead atoms. The molecule has 0 saturated carbocycles. The molecule has 0 heterocycles. The molecule has 0 aromatic rings. The van der Waals surface area contributed by atoms with Crippen molar-refractivity contribution in [2.45, 2.75) is 19.3 Å². The molecule has 1 rings (SSSR count). The Hall–Kier alpha value is -0.250. The first kappa shape index (κ1) is 27.2. The molecule has 0 fully saturated rings. The average molecular weight is 427 g/mol. The van der Waals surface area contributed by atoms with Gasteiger partial charge in [0.25, 0.3) is 0 Å². The third-order valence-electron chi connectivity index (χ3n) is 1.70. The number of allylic oxidation sites excluding steroid dienone is 4. The molecule has 0 atom stereocenters. The number of hydrogen-bond donors (Lipinski definition) is 0. The van der Waals surface area contributed by atoms with Crippen molar-refractivity contribution in [3.8, 4) is 0 Å². The molecule has 1 aliphatic rings. The molecule has 0 aromatic heterocycles. The molecule has 0 amide bonds. The second-order valence-corrected chi connectivity index (χ2v) is 3.24. The molecule has 1 aliphatic carbocycles. The molecule has 106 valence electrons. The van der Waals surface area contributed by atoms with Gasteiger partial charge in [0.1, 0.15) is 0 Å². The van der Waals surface area contributed by atoms with E-state index >= 15 is 0 Å². The van der Waals surface area contributed by atoms with Crippen molar-refractivity contribution in [3.63, 3.8) is 0 Å². The Morgan fingerprint density at radius 1 is 1.11 bits per heavy atom. The van der Waals surface area contributed by atoms with Crippen LogP contribution in [-0.2, 0) is 25.8 Å². The van der Waals surface area contributed by atoms with Gasteiger partial charge in [-0.2, -0.15) is 20.2 Å². The Bertz CT molecular complexity index is 189. The van der Waals surface area contributed by atoms with E-state index in [4.69, 9.17) is 0 Å². The minimum Gasteiger partial charge on any atom is -0.665 e. The number of nitrogens with zero attached hydrogens (tertiary/aromatic N) is 2. The molecule has 3 heteroatoms. The molecule has 0 unspecified atom stereocenters. The standard InChI is InChI=1S/2C5H10N.C5H5.CH3.Hf/c2*1-3-4-5-6-2;1-2-4-5-3-1;;/h2*3H,1,4-5H2,2H3;1-3H,4H2;1H3;/q4*-1;+4. The molecular weight excluding hydrogens is 399 g/mol. The van der Waals surface area contributed by atoms with Gasteiger partial charge < -0.3 is 18.1 Å². The van der Waals surface area contributed by atoms with Gasteiger partial charge in [0.15, 0.2) is 0 Å². The summed E-state index contributed by atoms with van der Waals surface area (Å²) < 4.78 is 0. The first-order chi connectivity index (χ1) is 8.33. The van der Waals surface area contributed by atoms with Gasteiger partial charge in [0, 0.05) is 0 Å². The summed E-state index contributed by atoms with van der Waals surface area (Å²) in [6, 6.07) is 0. The van der Waals surface area contributed by atoms with Crippen LogP contribution < -0.4 is 0 Å². The summed E-state index contributed by atoms with van der Waals surface area (Å²) in [5.74, 6) is 0. The van der Waals surface area contributed by atoms with E-state index in [9.17, 15) is 0 Å². The molecule has 19 heavy (non-hydrogen) atoms. The van der Waals surface area contributed by atoms with Crippen molar-refractivity contribution >= 4 is 0 Å². The van der Waals surface area contributed by atoms with E-state index in [1.807, 2.05) is 38.4 Å². The Morgan fingerprint density at radius 2 is 1.58 bits per heavy atom. The smallest absolute Gasteiger partial charge is 0.665 e. The zero-order chi connectivity index (χ0) is 13.2. The molecule has 0 aromatic carbocycles. The summed E-state index contributed by atoms with van der Waals surface area (Å²) in [6.45, 7) is 8.92. The number of hydrogen-bond acceptors (Lipinski definition) is 0. The fraction of sp³-hybridized carbons (Fsp3) is 0.438. The fourth-order valence-corrected chi connectivity index (χ4v) is 0.781. The van der Waals surface area contributed by atoms with Gasteiger partial charge >= 0.3 is 25.8 Å². The first-order valence-electron chi connectivity index (χ1n) is 5.88. The van der Waals surface area contributed by atoms with Crippen molar-refractivity contribution < 1.29 is 25.8 Å². The van der Waals surface area contributed by atoms with E-state index in [0.717, 1.165) is 32.4 Å². The summed E-state index contributed by atoms with van der Waals surface area (Å²) in [7, 11) is 3.62. The Kier molecular flexibility index (Phi) is 43.8.